The highest BCUT2D eigenvalue weighted by atomic mass is 19.1. The zero-order valence-electron chi connectivity index (χ0n) is 21.6. The number of carbonyl (C=O) groups excluding carboxylic acids is 1. The summed E-state index contributed by atoms with van der Waals surface area (Å²) in [4.78, 5) is 13.9. The van der Waals surface area contributed by atoms with Crippen LogP contribution in [0.5, 0.6) is 0 Å². The lowest BCUT2D eigenvalue weighted by Crippen LogP contribution is -2.33. The molecule has 4 aromatic carbocycles. The van der Waals surface area contributed by atoms with E-state index in [1.54, 1.807) is 6.07 Å². The fraction of sp³-hybridized carbons (Fsp3) is 0.206. The lowest BCUT2D eigenvalue weighted by molar-refractivity contribution is -0.118. The van der Waals surface area contributed by atoms with Gasteiger partial charge in [-0.1, -0.05) is 80.6 Å². The third-order valence-corrected chi connectivity index (χ3v) is 8.17. The van der Waals surface area contributed by atoms with Crippen molar-refractivity contribution in [3.8, 4) is 0 Å². The molecule has 2 aliphatic rings. The van der Waals surface area contributed by atoms with Gasteiger partial charge < -0.3 is 9.88 Å². The summed E-state index contributed by atoms with van der Waals surface area (Å²) < 4.78 is 16.7. The average molecular weight is 501 g/mol. The Balaban J connectivity index is 1.45. The Morgan fingerprint density at radius 1 is 0.895 bits per heavy atom. The summed E-state index contributed by atoms with van der Waals surface area (Å²) in [6.45, 7) is 4.81. The first-order valence-electron chi connectivity index (χ1n) is 13.3. The number of rotatable bonds is 3. The van der Waals surface area contributed by atoms with Crippen LogP contribution in [0.3, 0.4) is 0 Å². The predicted octanol–water partition coefficient (Wildman–Crippen LogP) is 8.29. The van der Waals surface area contributed by atoms with Crippen LogP contribution in [0.4, 0.5) is 10.1 Å². The number of para-hydroxylation sites is 1. The lowest BCUT2D eigenvalue weighted by atomic mass is 9.68. The fourth-order valence-corrected chi connectivity index (χ4v) is 6.52. The van der Waals surface area contributed by atoms with E-state index >= 15 is 0 Å². The Kier molecular flexibility index (Phi) is 5.09. The minimum absolute atomic E-state index is 0.106. The number of hydrogen-bond acceptors (Lipinski definition) is 2. The highest BCUT2D eigenvalue weighted by Gasteiger charge is 2.41. The van der Waals surface area contributed by atoms with E-state index in [1.165, 1.54) is 16.8 Å². The van der Waals surface area contributed by atoms with Gasteiger partial charge in [-0.2, -0.15) is 0 Å². The summed E-state index contributed by atoms with van der Waals surface area (Å²) in [7, 11) is 0. The molecule has 0 saturated carbocycles. The van der Waals surface area contributed by atoms with E-state index in [0.717, 1.165) is 45.3 Å². The molecule has 0 bridgehead atoms. The summed E-state index contributed by atoms with van der Waals surface area (Å²) >= 11 is 0. The molecule has 1 N–H and O–H groups in total. The minimum atomic E-state index is -0.269. The molecule has 1 atom stereocenters. The van der Waals surface area contributed by atoms with Gasteiger partial charge in [-0.3, -0.25) is 4.79 Å². The Bertz CT molecular complexity index is 1790. The Morgan fingerprint density at radius 2 is 1.63 bits per heavy atom. The molecular weight excluding hydrogens is 471 g/mol. The number of Topliss-reactive ketones (excluding diaryl/α,β-unsaturated/α-hetero) is 1. The van der Waals surface area contributed by atoms with Gasteiger partial charge in [-0.05, 0) is 46.4 Å². The summed E-state index contributed by atoms with van der Waals surface area (Å²) in [6.07, 6.45) is 3.48. The van der Waals surface area contributed by atoms with Gasteiger partial charge in [-0.25, -0.2) is 4.39 Å². The van der Waals surface area contributed by atoms with Crippen molar-refractivity contribution in [1.82, 2.24) is 4.57 Å². The lowest BCUT2D eigenvalue weighted by Gasteiger charge is -2.40. The normalized spacial score (nSPS) is 18.4. The number of aromatic nitrogens is 1. The number of nitrogens with zero attached hydrogens (tertiary/aromatic N) is 1. The standard InChI is InChI=1S/C34H29FN2O/c1-34(2)17-25-31-23-11-5-3-9-21(23)15-16-28(31)36-33(32(25)30(38)18-34)26-20-37(29-14-8-6-12-24(26)29)19-22-10-4-7-13-27(22)35/h3-16,20,33,36H,17-19H2,1-2H3/t33-/m1/s1. The first kappa shape index (κ1) is 23.0. The molecule has 188 valence electrons. The largest absolute Gasteiger partial charge is 0.373 e. The maximum atomic E-state index is 14.6. The second-order valence-electron chi connectivity index (χ2n) is 11.4. The van der Waals surface area contributed by atoms with Crippen LogP contribution in [0, 0.1) is 11.2 Å². The first-order chi connectivity index (χ1) is 18.4. The number of halogens is 1. The van der Waals surface area contributed by atoms with Crippen molar-refractivity contribution in [2.45, 2.75) is 39.3 Å². The summed E-state index contributed by atoms with van der Waals surface area (Å²) in [5.41, 5.74) is 6.87. The molecule has 7 rings (SSSR count). The molecule has 0 radical (unpaired) electrons. The van der Waals surface area contributed by atoms with Crippen LogP contribution >= 0.6 is 0 Å². The molecule has 4 heteroatoms. The number of anilines is 1. The molecule has 1 aromatic heterocycles. The van der Waals surface area contributed by atoms with Crippen LogP contribution in [-0.4, -0.2) is 10.4 Å². The highest BCUT2D eigenvalue weighted by molar-refractivity contribution is 6.13. The van der Waals surface area contributed by atoms with Gasteiger partial charge in [0.25, 0.3) is 0 Å². The van der Waals surface area contributed by atoms with E-state index in [1.807, 2.05) is 24.3 Å². The van der Waals surface area contributed by atoms with Gasteiger partial charge in [0.2, 0.25) is 0 Å². The SMILES string of the molecule is CC1(C)CC(=O)C2=C(C1)c1c(ccc3ccccc13)N[C@@H]2c1cn(Cc2ccccc2F)c2ccccc12. The summed E-state index contributed by atoms with van der Waals surface area (Å²) in [6, 6.07) is 27.6. The second-order valence-corrected chi connectivity index (χ2v) is 11.4. The van der Waals surface area contributed by atoms with Gasteiger partial charge in [0.1, 0.15) is 5.82 Å². The van der Waals surface area contributed by atoms with Crippen molar-refractivity contribution in [3.05, 3.63) is 119 Å². The van der Waals surface area contributed by atoms with Crippen LogP contribution in [0.1, 0.15) is 49.4 Å². The van der Waals surface area contributed by atoms with E-state index in [9.17, 15) is 9.18 Å². The molecule has 2 heterocycles. The monoisotopic (exact) mass is 500 g/mol. The summed E-state index contributed by atoms with van der Waals surface area (Å²) in [5, 5.41) is 7.21. The van der Waals surface area contributed by atoms with E-state index in [0.29, 0.717) is 18.5 Å². The van der Waals surface area contributed by atoms with E-state index in [-0.39, 0.29) is 23.1 Å². The number of ketones is 1. The number of allylic oxidation sites excluding steroid dienone is 1. The van der Waals surface area contributed by atoms with Gasteiger partial charge in [0.15, 0.2) is 5.78 Å². The Hall–Kier alpha value is -4.18. The van der Waals surface area contributed by atoms with Crippen molar-refractivity contribution < 1.29 is 9.18 Å². The quantitative estimate of drug-likeness (QED) is 0.270. The molecule has 0 saturated heterocycles. The number of nitrogens with one attached hydrogen (secondary N) is 1. The number of hydrogen-bond donors (Lipinski definition) is 1. The number of benzene rings is 4. The molecule has 1 aliphatic carbocycles. The van der Waals surface area contributed by atoms with Gasteiger partial charge in [0.05, 0.1) is 12.6 Å². The Morgan fingerprint density at radius 3 is 2.47 bits per heavy atom. The van der Waals surface area contributed by atoms with Crippen LogP contribution in [-0.2, 0) is 11.3 Å². The van der Waals surface area contributed by atoms with Crippen LogP contribution < -0.4 is 5.32 Å². The van der Waals surface area contributed by atoms with Crippen molar-refractivity contribution in [3.63, 3.8) is 0 Å². The van der Waals surface area contributed by atoms with Crippen molar-refractivity contribution in [1.29, 1.82) is 0 Å². The molecule has 5 aromatic rings. The van der Waals surface area contributed by atoms with E-state index in [2.05, 4.69) is 78.5 Å². The smallest absolute Gasteiger partial charge is 0.162 e. The highest BCUT2D eigenvalue weighted by Crippen LogP contribution is 2.52. The van der Waals surface area contributed by atoms with Crippen molar-refractivity contribution in [2.24, 2.45) is 5.41 Å². The predicted molar refractivity (Wildman–Crippen MR) is 153 cm³/mol. The third-order valence-electron chi connectivity index (χ3n) is 8.17. The number of fused-ring (bicyclic) bond motifs is 5. The van der Waals surface area contributed by atoms with Crippen molar-refractivity contribution >= 4 is 38.7 Å². The fourth-order valence-electron chi connectivity index (χ4n) is 6.52. The molecule has 3 nitrogen and oxygen atoms in total. The molecular formula is C34H29FN2O. The zero-order chi connectivity index (χ0) is 26.0. The minimum Gasteiger partial charge on any atom is -0.373 e. The number of carbonyl (C=O) groups is 1. The van der Waals surface area contributed by atoms with Gasteiger partial charge in [0, 0.05) is 51.5 Å². The topological polar surface area (TPSA) is 34.0 Å². The maximum absolute atomic E-state index is 14.6. The van der Waals surface area contributed by atoms with Crippen LogP contribution in [0.15, 0.2) is 96.7 Å². The molecule has 38 heavy (non-hydrogen) atoms. The van der Waals surface area contributed by atoms with E-state index < -0.39 is 0 Å². The zero-order valence-corrected chi connectivity index (χ0v) is 21.6. The molecule has 0 fully saturated rings. The maximum Gasteiger partial charge on any atom is 0.162 e. The van der Waals surface area contributed by atoms with Gasteiger partial charge in [-0.15, -0.1) is 0 Å². The Labute approximate surface area is 221 Å². The van der Waals surface area contributed by atoms with Crippen LogP contribution in [0.25, 0.3) is 27.2 Å². The molecule has 0 spiro atoms. The van der Waals surface area contributed by atoms with Gasteiger partial charge >= 0.3 is 0 Å². The first-order valence-corrected chi connectivity index (χ1v) is 13.3. The molecule has 0 amide bonds. The average Bonchev–Trinajstić information content (AvgIpc) is 3.26. The summed E-state index contributed by atoms with van der Waals surface area (Å²) in [5.74, 6) is -0.00335. The molecule has 0 unspecified atom stereocenters. The van der Waals surface area contributed by atoms with E-state index in [4.69, 9.17) is 0 Å². The van der Waals surface area contributed by atoms with Crippen LogP contribution in [0.2, 0.25) is 0 Å². The second kappa shape index (κ2) is 8.42. The van der Waals surface area contributed by atoms with Crippen molar-refractivity contribution in [2.75, 3.05) is 5.32 Å². The third kappa shape index (κ3) is 3.59. The molecule has 1 aliphatic heterocycles.